The first-order chi connectivity index (χ1) is 8.61. The molecule has 2 aromatic rings. The number of nitrogens with one attached hydrogen (secondary N) is 1. The lowest BCUT2D eigenvalue weighted by atomic mass is 10.1. The highest BCUT2D eigenvalue weighted by Gasteiger charge is 2.09. The summed E-state index contributed by atoms with van der Waals surface area (Å²) < 4.78 is 5.82. The fraction of sp³-hybridized carbons (Fsp3) is 0.231. The maximum absolute atomic E-state index is 5.82. The molecule has 0 saturated carbocycles. The van der Waals surface area contributed by atoms with E-state index < -0.39 is 0 Å². The minimum Gasteiger partial charge on any atom is -0.438 e. The van der Waals surface area contributed by atoms with Crippen molar-refractivity contribution in [1.29, 1.82) is 0 Å². The molecular formula is C13H16N4O. The topological polar surface area (TPSA) is 73.1 Å². The van der Waals surface area contributed by atoms with Gasteiger partial charge in [-0.15, -0.1) is 0 Å². The fourth-order valence-electron chi connectivity index (χ4n) is 1.60. The smallest absolute Gasteiger partial charge is 0.227 e. The van der Waals surface area contributed by atoms with Crippen LogP contribution in [0.3, 0.4) is 0 Å². The highest BCUT2D eigenvalue weighted by Crippen LogP contribution is 2.28. The lowest BCUT2D eigenvalue weighted by molar-refractivity contribution is 0.454. The van der Waals surface area contributed by atoms with Crippen molar-refractivity contribution in [2.75, 3.05) is 5.43 Å². The van der Waals surface area contributed by atoms with Crippen LogP contribution in [-0.2, 0) is 0 Å². The lowest BCUT2D eigenvalue weighted by Gasteiger charge is -2.12. The van der Waals surface area contributed by atoms with Gasteiger partial charge in [-0.2, -0.15) is 0 Å². The highest BCUT2D eigenvalue weighted by molar-refractivity contribution is 5.48. The van der Waals surface area contributed by atoms with Gasteiger partial charge in [0, 0.05) is 0 Å². The van der Waals surface area contributed by atoms with E-state index in [0.29, 0.717) is 11.7 Å². The molecule has 0 unspecified atom stereocenters. The SMILES string of the molecule is Cc1ccc(C)c(Oc2ncnc(NN)c2C)c1. The van der Waals surface area contributed by atoms with E-state index in [-0.39, 0.29) is 0 Å². The van der Waals surface area contributed by atoms with Gasteiger partial charge in [0.1, 0.15) is 17.9 Å². The van der Waals surface area contributed by atoms with Gasteiger partial charge in [0.05, 0.1) is 5.56 Å². The van der Waals surface area contributed by atoms with Crippen molar-refractivity contribution >= 4 is 5.82 Å². The molecule has 5 nitrogen and oxygen atoms in total. The molecule has 0 amide bonds. The molecule has 94 valence electrons. The monoisotopic (exact) mass is 244 g/mol. The Morgan fingerprint density at radius 1 is 1.17 bits per heavy atom. The molecule has 1 aromatic heterocycles. The van der Waals surface area contributed by atoms with Crippen LogP contribution in [0.5, 0.6) is 11.6 Å². The number of rotatable bonds is 3. The second-order valence-corrected chi connectivity index (χ2v) is 4.17. The summed E-state index contributed by atoms with van der Waals surface area (Å²) in [4.78, 5) is 8.14. The summed E-state index contributed by atoms with van der Waals surface area (Å²) in [5.74, 6) is 7.23. The third-order valence-corrected chi connectivity index (χ3v) is 2.72. The highest BCUT2D eigenvalue weighted by atomic mass is 16.5. The Balaban J connectivity index is 2.37. The molecule has 0 aliphatic heterocycles. The maximum atomic E-state index is 5.82. The van der Waals surface area contributed by atoms with E-state index in [9.17, 15) is 0 Å². The number of ether oxygens (including phenoxy) is 1. The number of hydrogen-bond acceptors (Lipinski definition) is 5. The first-order valence-electron chi connectivity index (χ1n) is 5.65. The summed E-state index contributed by atoms with van der Waals surface area (Å²) in [6, 6.07) is 6.04. The lowest BCUT2D eigenvalue weighted by Crippen LogP contribution is -2.11. The third kappa shape index (κ3) is 2.41. The van der Waals surface area contributed by atoms with E-state index in [1.165, 1.54) is 6.33 Å². The van der Waals surface area contributed by atoms with Crippen molar-refractivity contribution in [2.24, 2.45) is 5.84 Å². The summed E-state index contributed by atoms with van der Waals surface area (Å²) >= 11 is 0. The summed E-state index contributed by atoms with van der Waals surface area (Å²) in [7, 11) is 0. The van der Waals surface area contributed by atoms with Gasteiger partial charge in [0.15, 0.2) is 0 Å². The van der Waals surface area contributed by atoms with Crippen molar-refractivity contribution in [2.45, 2.75) is 20.8 Å². The van der Waals surface area contributed by atoms with E-state index in [0.717, 1.165) is 22.4 Å². The van der Waals surface area contributed by atoms with Gasteiger partial charge in [-0.3, -0.25) is 0 Å². The summed E-state index contributed by atoms with van der Waals surface area (Å²) in [5, 5.41) is 0. The molecule has 0 aliphatic carbocycles. The molecule has 1 aromatic carbocycles. The number of nitrogen functional groups attached to an aromatic ring is 1. The van der Waals surface area contributed by atoms with Gasteiger partial charge in [0.25, 0.3) is 0 Å². The Labute approximate surface area is 106 Å². The molecule has 18 heavy (non-hydrogen) atoms. The third-order valence-electron chi connectivity index (χ3n) is 2.72. The number of nitrogens with zero attached hydrogens (tertiary/aromatic N) is 2. The molecule has 5 heteroatoms. The Morgan fingerprint density at radius 2 is 1.94 bits per heavy atom. The molecule has 0 fully saturated rings. The molecule has 0 bridgehead atoms. The molecule has 0 aliphatic rings. The molecule has 2 rings (SSSR count). The molecule has 1 heterocycles. The Kier molecular flexibility index (Phi) is 3.43. The van der Waals surface area contributed by atoms with Crippen LogP contribution in [0.15, 0.2) is 24.5 Å². The summed E-state index contributed by atoms with van der Waals surface area (Å²) in [6.07, 6.45) is 1.42. The van der Waals surface area contributed by atoms with Gasteiger partial charge < -0.3 is 10.2 Å². The minimum atomic E-state index is 0.506. The quantitative estimate of drug-likeness (QED) is 0.641. The van der Waals surface area contributed by atoms with Gasteiger partial charge >= 0.3 is 0 Å². The zero-order valence-corrected chi connectivity index (χ0v) is 10.7. The van der Waals surface area contributed by atoms with Crippen LogP contribution in [0.25, 0.3) is 0 Å². The van der Waals surface area contributed by atoms with Crippen LogP contribution >= 0.6 is 0 Å². The van der Waals surface area contributed by atoms with Crippen LogP contribution in [-0.4, -0.2) is 9.97 Å². The van der Waals surface area contributed by atoms with E-state index in [1.807, 2.05) is 39.0 Å². The Bertz CT molecular complexity index is 569. The van der Waals surface area contributed by atoms with Crippen molar-refractivity contribution in [3.63, 3.8) is 0 Å². The average molecular weight is 244 g/mol. The Hall–Kier alpha value is -2.14. The molecular weight excluding hydrogens is 228 g/mol. The maximum Gasteiger partial charge on any atom is 0.227 e. The first-order valence-corrected chi connectivity index (χ1v) is 5.65. The summed E-state index contributed by atoms with van der Waals surface area (Å²) in [6.45, 7) is 5.87. The van der Waals surface area contributed by atoms with Crippen LogP contribution in [0.4, 0.5) is 5.82 Å². The first kappa shape index (κ1) is 12.3. The van der Waals surface area contributed by atoms with E-state index in [1.54, 1.807) is 0 Å². The van der Waals surface area contributed by atoms with Gasteiger partial charge in [-0.1, -0.05) is 12.1 Å². The zero-order valence-electron chi connectivity index (χ0n) is 10.7. The number of aryl methyl sites for hydroxylation is 2. The van der Waals surface area contributed by atoms with Crippen molar-refractivity contribution in [3.8, 4) is 11.6 Å². The number of aromatic nitrogens is 2. The standard InChI is InChI=1S/C13H16N4O/c1-8-4-5-9(2)11(6-8)18-13-10(3)12(17-14)15-7-16-13/h4-7H,14H2,1-3H3,(H,15,16,17). The van der Waals surface area contributed by atoms with Crippen molar-refractivity contribution < 1.29 is 4.74 Å². The predicted octanol–water partition coefficient (Wildman–Crippen LogP) is 2.48. The second kappa shape index (κ2) is 5.01. The largest absolute Gasteiger partial charge is 0.438 e. The van der Waals surface area contributed by atoms with E-state index in [2.05, 4.69) is 15.4 Å². The summed E-state index contributed by atoms with van der Waals surface area (Å²) in [5.41, 5.74) is 5.49. The van der Waals surface area contributed by atoms with Crippen molar-refractivity contribution in [3.05, 3.63) is 41.2 Å². The average Bonchev–Trinajstić information content (AvgIpc) is 2.36. The Morgan fingerprint density at radius 3 is 2.67 bits per heavy atom. The van der Waals surface area contributed by atoms with Crippen LogP contribution in [0, 0.1) is 20.8 Å². The van der Waals surface area contributed by atoms with Gasteiger partial charge in [-0.05, 0) is 38.0 Å². The molecule has 0 radical (unpaired) electrons. The molecule has 3 N–H and O–H groups in total. The van der Waals surface area contributed by atoms with E-state index in [4.69, 9.17) is 10.6 Å². The number of benzene rings is 1. The van der Waals surface area contributed by atoms with E-state index >= 15 is 0 Å². The van der Waals surface area contributed by atoms with Crippen molar-refractivity contribution in [1.82, 2.24) is 9.97 Å². The van der Waals surface area contributed by atoms with Crippen LogP contribution in [0.1, 0.15) is 16.7 Å². The number of anilines is 1. The fourth-order valence-corrected chi connectivity index (χ4v) is 1.60. The number of hydrazine groups is 1. The number of nitrogens with two attached hydrogens (primary N) is 1. The van der Waals surface area contributed by atoms with Gasteiger partial charge in [0.2, 0.25) is 5.88 Å². The predicted molar refractivity (Wildman–Crippen MR) is 70.6 cm³/mol. The minimum absolute atomic E-state index is 0.506. The molecule has 0 spiro atoms. The molecule has 0 atom stereocenters. The normalized spacial score (nSPS) is 10.2. The van der Waals surface area contributed by atoms with Gasteiger partial charge in [-0.25, -0.2) is 15.8 Å². The number of hydrogen-bond donors (Lipinski definition) is 2. The molecule has 0 saturated heterocycles. The zero-order chi connectivity index (χ0) is 13.1. The van der Waals surface area contributed by atoms with Crippen LogP contribution < -0.4 is 16.0 Å². The van der Waals surface area contributed by atoms with Crippen LogP contribution in [0.2, 0.25) is 0 Å². The second-order valence-electron chi connectivity index (χ2n) is 4.17.